The molecular formula is C86H116N6O5. The van der Waals surface area contributed by atoms with E-state index in [1.807, 2.05) is 91.2 Å². The van der Waals surface area contributed by atoms with Gasteiger partial charge in [-0.15, -0.1) is 0 Å². The van der Waals surface area contributed by atoms with Crippen LogP contribution in [0.2, 0.25) is 0 Å². The third-order valence-electron chi connectivity index (χ3n) is 16.5. The molecule has 0 bridgehead atoms. The molecule has 0 spiro atoms. The Bertz CT molecular complexity index is 3660. The van der Waals surface area contributed by atoms with E-state index in [1.165, 1.54) is 72.9 Å². The second-order valence-electron chi connectivity index (χ2n) is 30.4. The van der Waals surface area contributed by atoms with Crippen LogP contribution in [0.5, 0.6) is 17.2 Å². The maximum atomic E-state index is 5.43. The van der Waals surface area contributed by atoms with E-state index in [-0.39, 0.29) is 16.2 Å². The van der Waals surface area contributed by atoms with Crippen molar-refractivity contribution in [3.8, 4) is 17.2 Å². The van der Waals surface area contributed by atoms with E-state index >= 15 is 0 Å². The zero-order valence-corrected chi connectivity index (χ0v) is 63.1. The predicted octanol–water partition coefficient (Wildman–Crippen LogP) is 22.7. The monoisotopic (exact) mass is 1310 g/mol. The molecule has 8 heterocycles. The Morgan fingerprint density at radius 3 is 1.49 bits per heavy atom. The van der Waals surface area contributed by atoms with Crippen LogP contribution in [0, 0.1) is 0 Å². The molecule has 0 radical (unpaired) electrons. The summed E-state index contributed by atoms with van der Waals surface area (Å²) >= 11 is 0. The molecule has 0 amide bonds. The van der Waals surface area contributed by atoms with Gasteiger partial charge in [0.25, 0.3) is 0 Å². The molecule has 11 nitrogen and oxygen atoms in total. The normalized spacial score (nSPS) is 12.5. The predicted molar refractivity (Wildman–Crippen MR) is 405 cm³/mol. The molecule has 11 heteroatoms. The summed E-state index contributed by atoms with van der Waals surface area (Å²) in [4.78, 5) is 16.2. The number of pyridine rings is 3. The maximum Gasteiger partial charge on any atom is 0.231 e. The highest BCUT2D eigenvalue weighted by Gasteiger charge is 2.20. The van der Waals surface area contributed by atoms with Crippen molar-refractivity contribution in [3.63, 3.8) is 0 Å². The van der Waals surface area contributed by atoms with Crippen molar-refractivity contribution >= 4 is 10.9 Å². The third kappa shape index (κ3) is 27.2. The van der Waals surface area contributed by atoms with Crippen molar-refractivity contribution in [3.05, 3.63) is 262 Å². The fourth-order valence-electron chi connectivity index (χ4n) is 9.81. The number of oxazole rings is 1. The van der Waals surface area contributed by atoms with Gasteiger partial charge in [0.05, 0.1) is 37.2 Å². The van der Waals surface area contributed by atoms with Crippen LogP contribution in [0.15, 0.2) is 200 Å². The summed E-state index contributed by atoms with van der Waals surface area (Å²) in [7, 11) is 1.97. The first-order valence-corrected chi connectivity index (χ1v) is 34.6. The van der Waals surface area contributed by atoms with Crippen molar-refractivity contribution in [2.24, 2.45) is 7.05 Å². The van der Waals surface area contributed by atoms with E-state index in [1.54, 1.807) is 12.5 Å². The lowest BCUT2D eigenvalue weighted by molar-refractivity contribution is 0.134. The summed E-state index contributed by atoms with van der Waals surface area (Å²) in [5.74, 6) is 5.74. The zero-order valence-electron chi connectivity index (χ0n) is 63.1. The van der Waals surface area contributed by atoms with E-state index in [9.17, 15) is 0 Å². The quantitative estimate of drug-likeness (QED) is 0.165. The molecule has 0 fully saturated rings. The lowest BCUT2D eigenvalue weighted by Gasteiger charge is -2.19. The highest BCUT2D eigenvalue weighted by molar-refractivity contribution is 5.79. The first kappa shape index (κ1) is 79.3. The number of fused-ring (bicyclic) bond motifs is 4. The van der Waals surface area contributed by atoms with Crippen LogP contribution in [0.25, 0.3) is 10.9 Å². The first-order valence-electron chi connectivity index (χ1n) is 34.6. The first-order chi connectivity index (χ1) is 45.7. The molecule has 10 aromatic rings. The summed E-state index contributed by atoms with van der Waals surface area (Å²) in [6.45, 7) is 50.9. The second kappa shape index (κ2) is 37.9. The van der Waals surface area contributed by atoms with Gasteiger partial charge in [0, 0.05) is 60.9 Å². The summed E-state index contributed by atoms with van der Waals surface area (Å²) in [5.41, 5.74) is 17.9. The average molecular weight is 1310 g/mol. The number of hydrogen-bond donors (Lipinski definition) is 0. The molecule has 3 aliphatic heterocycles. The van der Waals surface area contributed by atoms with Gasteiger partial charge in [-0.25, -0.2) is 4.98 Å². The van der Waals surface area contributed by atoms with Gasteiger partial charge >= 0.3 is 0 Å². The maximum absolute atomic E-state index is 5.43. The smallest absolute Gasteiger partial charge is 0.231 e. The van der Waals surface area contributed by atoms with Crippen molar-refractivity contribution in [2.75, 3.05) is 13.4 Å². The van der Waals surface area contributed by atoms with E-state index in [0.717, 1.165) is 54.9 Å². The summed E-state index contributed by atoms with van der Waals surface area (Å²) in [5, 5.41) is 5.44. The van der Waals surface area contributed by atoms with E-state index in [2.05, 4.69) is 274 Å². The van der Waals surface area contributed by atoms with E-state index in [0.29, 0.717) is 41.8 Å². The van der Waals surface area contributed by atoms with E-state index < -0.39 is 0 Å². The van der Waals surface area contributed by atoms with Crippen LogP contribution in [-0.2, 0) is 53.1 Å². The molecule has 0 aliphatic carbocycles. The number of ether oxygens (including phenoxy) is 4. The van der Waals surface area contributed by atoms with Crippen LogP contribution in [0.4, 0.5) is 0 Å². The minimum atomic E-state index is 0.118. The molecule has 13 rings (SSSR count). The van der Waals surface area contributed by atoms with Crippen LogP contribution >= 0.6 is 0 Å². The summed E-state index contributed by atoms with van der Waals surface area (Å²) < 4.78 is 28.0. The Labute approximate surface area is 584 Å². The molecule has 5 aromatic heterocycles. The number of nitrogens with zero attached hydrogens (tertiary/aromatic N) is 6. The lowest BCUT2D eigenvalue weighted by Crippen LogP contribution is -2.11. The van der Waals surface area contributed by atoms with E-state index in [4.69, 9.17) is 23.4 Å². The molecule has 3 aliphatic rings. The summed E-state index contributed by atoms with van der Waals surface area (Å²) in [6.07, 6.45) is 15.3. The van der Waals surface area contributed by atoms with Crippen molar-refractivity contribution in [1.29, 1.82) is 0 Å². The molecule has 5 aromatic carbocycles. The zero-order chi connectivity index (χ0) is 71.5. The van der Waals surface area contributed by atoms with Crippen LogP contribution in [0.1, 0.15) is 249 Å². The van der Waals surface area contributed by atoms with Crippen LogP contribution in [-0.4, -0.2) is 43.1 Å². The number of benzene rings is 5. The van der Waals surface area contributed by atoms with Gasteiger partial charge in [-0.3, -0.25) is 19.6 Å². The van der Waals surface area contributed by atoms with Crippen molar-refractivity contribution in [1.82, 2.24) is 29.7 Å². The SMILES string of the molecule is CC(C)(C)c1ccc2c(c1)COC2.CC(C)(C)c1ccccc1.CC(C)(C)c1cccnc1.CC(C)(C)c1cocn1.CC(C)c1ccc2c(c1)CCO2.CC(C)c1ccc2c(c1)OCO2.CC(C)c1ccc2c(cnn2C)c1.CC(C)c1ccccn1.CC(C)c1ccncc1. The van der Waals surface area contributed by atoms with Crippen LogP contribution < -0.4 is 14.2 Å². The Balaban J connectivity index is 0.000000198. The molecule has 0 saturated carbocycles. The number of rotatable bonds is 5. The standard InChI is InChI=1S/C12H16O.C11H14N2.C11H14O.C10H12O2.C10H14.C9H13N.2C8H11N.C7H11NO/c1-12(2,3)11-5-4-9-7-13-8-10(9)6-11;1-8(2)9-4-5-11-10(6-9)7-12-13(11)3;1-8(2)9-3-4-11-10(7-9)5-6-12-11;1-7(2)8-3-4-9-10(5-8)12-6-11-9;1-10(2,3)9-7-5-4-6-8-9;1-9(2,3)8-5-4-6-10-7-8;1-7(2)8-3-5-9-6-4-8;1-7(2)8-5-3-4-6-9-8;1-7(2,3)6-4-9-5-8-6/h4-6H,7-8H2,1-3H3;4-8H,1-3H3;3-4,7-8H,5-6H2,1-2H3;3-5,7H,6H2,1-2H3;4-8H,1-3H3;4-7H,1-3H3;2*3-7H,1-2H3;4-5H,1-3H3. The number of aromatic nitrogens is 6. The molecular weight excluding hydrogens is 1200 g/mol. The summed E-state index contributed by atoms with van der Waals surface area (Å²) in [6, 6.07) is 50.6. The minimum absolute atomic E-state index is 0.118. The average Bonchev–Trinajstić information content (AvgIpc) is 1.74. The highest BCUT2D eigenvalue weighted by Crippen LogP contribution is 2.35. The number of hydrogen-bond acceptors (Lipinski definition) is 10. The fraction of sp³-hybridized carbons (Fsp3) is 0.430. The lowest BCUT2D eigenvalue weighted by atomic mass is 9.85. The number of aryl methyl sites for hydroxylation is 1. The van der Waals surface area contributed by atoms with Crippen molar-refractivity contribution in [2.45, 2.75) is 223 Å². The minimum Gasteiger partial charge on any atom is -0.493 e. The Hall–Kier alpha value is -8.41. The molecule has 0 saturated heterocycles. The molecule has 0 atom stereocenters. The molecule has 97 heavy (non-hydrogen) atoms. The topological polar surface area (TPSA) is 119 Å². The second-order valence-corrected chi connectivity index (χ2v) is 30.4. The Morgan fingerprint density at radius 1 is 0.412 bits per heavy atom. The van der Waals surface area contributed by atoms with Gasteiger partial charge in [0.15, 0.2) is 17.9 Å². The van der Waals surface area contributed by atoms with Crippen molar-refractivity contribution < 1.29 is 23.4 Å². The fourth-order valence-corrected chi connectivity index (χ4v) is 9.81. The van der Waals surface area contributed by atoms with Gasteiger partial charge in [-0.2, -0.15) is 5.10 Å². The van der Waals surface area contributed by atoms with Gasteiger partial charge in [-0.1, -0.05) is 237 Å². The van der Waals surface area contributed by atoms with Gasteiger partial charge in [0.1, 0.15) is 12.0 Å². The molecule has 0 unspecified atom stereocenters. The molecule has 0 N–H and O–H groups in total. The Kier molecular flexibility index (Phi) is 31.0. The van der Waals surface area contributed by atoms with Crippen LogP contribution in [0.3, 0.4) is 0 Å². The Morgan fingerprint density at radius 2 is 0.990 bits per heavy atom. The highest BCUT2D eigenvalue weighted by atomic mass is 16.7. The van der Waals surface area contributed by atoms with Gasteiger partial charge < -0.3 is 23.4 Å². The van der Waals surface area contributed by atoms with Gasteiger partial charge in [-0.05, 0) is 162 Å². The van der Waals surface area contributed by atoms with Gasteiger partial charge in [0.2, 0.25) is 6.79 Å². The largest absolute Gasteiger partial charge is 0.493 e. The third-order valence-corrected chi connectivity index (χ3v) is 16.5. The molecule has 520 valence electrons.